The van der Waals surface area contributed by atoms with Crippen LogP contribution in [0.3, 0.4) is 0 Å². The van der Waals surface area contributed by atoms with E-state index in [1.807, 2.05) is 37.3 Å². The summed E-state index contributed by atoms with van der Waals surface area (Å²) in [4.78, 5) is 29.6. The van der Waals surface area contributed by atoms with E-state index < -0.39 is 0 Å². The van der Waals surface area contributed by atoms with Crippen molar-refractivity contribution in [1.29, 1.82) is 0 Å². The van der Waals surface area contributed by atoms with Crippen molar-refractivity contribution >= 4 is 42.1 Å². The van der Waals surface area contributed by atoms with Crippen LogP contribution in [-0.2, 0) is 16.0 Å². The highest BCUT2D eigenvalue weighted by Crippen LogP contribution is 2.31. The van der Waals surface area contributed by atoms with E-state index in [0.29, 0.717) is 25.4 Å². The first-order valence-electron chi connectivity index (χ1n) is 9.69. The third kappa shape index (κ3) is 5.94. The fraction of sp³-hybridized carbons (Fsp3) is 0.409. The van der Waals surface area contributed by atoms with Crippen LogP contribution in [0.2, 0.25) is 5.02 Å². The number of halogens is 2. The van der Waals surface area contributed by atoms with Gasteiger partial charge < -0.3 is 9.64 Å². The predicted molar refractivity (Wildman–Crippen MR) is 118 cm³/mol. The molecule has 7 heteroatoms. The van der Waals surface area contributed by atoms with E-state index in [2.05, 4.69) is 4.99 Å². The van der Waals surface area contributed by atoms with Crippen LogP contribution in [0, 0.1) is 5.92 Å². The Morgan fingerprint density at radius 3 is 2.76 bits per heavy atom. The molecule has 29 heavy (non-hydrogen) atoms. The molecule has 5 nitrogen and oxygen atoms in total. The second-order valence-corrected chi connectivity index (χ2v) is 7.39. The first kappa shape index (κ1) is 23.2. The van der Waals surface area contributed by atoms with E-state index in [9.17, 15) is 9.59 Å². The van der Waals surface area contributed by atoms with E-state index in [1.54, 1.807) is 11.1 Å². The summed E-state index contributed by atoms with van der Waals surface area (Å²) in [6.07, 6.45) is 7.53. The fourth-order valence-corrected chi connectivity index (χ4v) is 4.03. The van der Waals surface area contributed by atoms with Crippen molar-refractivity contribution in [3.63, 3.8) is 0 Å². The zero-order valence-electron chi connectivity index (χ0n) is 16.5. The Hall–Kier alpha value is -2.11. The standard InChI is InChI=1S/C22H25ClN2O3.ClH/c1-2-28-22(27)25-12-9-17(10-13-25)19-8-11-24-21(15-26)20(19)7-6-16-4-3-5-18(23)14-16;/h3-5,8,11,14-15,20H,2,6-7,9-10,12-13H2,1H3;1H. The maximum atomic E-state index is 11.9. The molecule has 1 aromatic rings. The van der Waals surface area contributed by atoms with Gasteiger partial charge in [-0.25, -0.2) is 4.79 Å². The Labute approximate surface area is 182 Å². The summed E-state index contributed by atoms with van der Waals surface area (Å²) in [6, 6.07) is 7.81. The van der Waals surface area contributed by atoms with Gasteiger partial charge >= 0.3 is 6.09 Å². The summed E-state index contributed by atoms with van der Waals surface area (Å²) in [5.74, 6) is -0.0226. The molecule has 0 aromatic heterocycles. The van der Waals surface area contributed by atoms with Gasteiger partial charge in [0.1, 0.15) is 0 Å². The van der Waals surface area contributed by atoms with Crippen molar-refractivity contribution in [2.45, 2.75) is 32.6 Å². The third-order valence-electron chi connectivity index (χ3n) is 5.24. The number of amides is 1. The number of ether oxygens (including phenoxy) is 1. The van der Waals surface area contributed by atoms with Crippen molar-refractivity contribution in [2.24, 2.45) is 10.9 Å². The molecule has 0 spiro atoms. The topological polar surface area (TPSA) is 59.0 Å². The Kier molecular flexibility index (Phi) is 8.93. The molecule has 3 rings (SSSR count). The molecule has 1 amide bonds. The van der Waals surface area contributed by atoms with Crippen LogP contribution < -0.4 is 0 Å². The maximum absolute atomic E-state index is 11.9. The molecule has 1 atom stereocenters. The number of nitrogens with zero attached hydrogens (tertiary/aromatic N) is 2. The lowest BCUT2D eigenvalue weighted by Crippen LogP contribution is -2.37. The monoisotopic (exact) mass is 436 g/mol. The number of carbonyl (C=O) groups excluding carboxylic acids is 2. The van der Waals surface area contributed by atoms with Crippen molar-refractivity contribution < 1.29 is 14.3 Å². The van der Waals surface area contributed by atoms with Crippen LogP contribution >= 0.6 is 24.0 Å². The van der Waals surface area contributed by atoms with Crippen molar-refractivity contribution in [3.8, 4) is 0 Å². The molecule has 1 aromatic carbocycles. The number of piperidine rings is 1. The van der Waals surface area contributed by atoms with E-state index in [1.165, 1.54) is 11.1 Å². The molecule has 2 heterocycles. The molecule has 0 radical (unpaired) electrons. The van der Waals surface area contributed by atoms with E-state index >= 15 is 0 Å². The number of benzene rings is 1. The van der Waals surface area contributed by atoms with E-state index in [-0.39, 0.29) is 24.4 Å². The highest BCUT2D eigenvalue weighted by molar-refractivity contribution is 6.31. The predicted octanol–water partition coefficient (Wildman–Crippen LogP) is 5.03. The van der Waals surface area contributed by atoms with Gasteiger partial charge in [0.15, 0.2) is 6.29 Å². The maximum Gasteiger partial charge on any atom is 0.409 e. The Bertz CT molecular complexity index is 823. The van der Waals surface area contributed by atoms with E-state index in [4.69, 9.17) is 16.3 Å². The highest BCUT2D eigenvalue weighted by Gasteiger charge is 2.27. The zero-order chi connectivity index (χ0) is 19.9. The molecular formula is C22H26Cl2N2O3. The number of likely N-dealkylation sites (tertiary alicyclic amines) is 1. The smallest absolute Gasteiger partial charge is 0.409 e. The quantitative estimate of drug-likeness (QED) is 0.608. The molecule has 0 bridgehead atoms. The van der Waals surface area contributed by atoms with Crippen LogP contribution in [0.15, 0.2) is 52.7 Å². The molecule has 2 aliphatic rings. The van der Waals surface area contributed by atoms with Crippen molar-refractivity contribution in [3.05, 3.63) is 58.3 Å². The minimum atomic E-state index is -0.251. The lowest BCUT2D eigenvalue weighted by molar-refractivity contribution is -0.102. The number of hydrogen-bond donors (Lipinski definition) is 0. The number of aldehydes is 1. The van der Waals surface area contributed by atoms with Gasteiger partial charge in [0.2, 0.25) is 0 Å². The minimum Gasteiger partial charge on any atom is -0.450 e. The van der Waals surface area contributed by atoms with Crippen molar-refractivity contribution in [2.75, 3.05) is 19.7 Å². The zero-order valence-corrected chi connectivity index (χ0v) is 18.0. The number of aliphatic imine (C=N–C) groups is 1. The lowest BCUT2D eigenvalue weighted by Gasteiger charge is -2.31. The van der Waals surface area contributed by atoms with Gasteiger partial charge in [-0.2, -0.15) is 0 Å². The lowest BCUT2D eigenvalue weighted by atomic mass is 9.82. The summed E-state index contributed by atoms with van der Waals surface area (Å²) in [6.45, 7) is 3.48. The van der Waals surface area contributed by atoms with Gasteiger partial charge in [0, 0.05) is 30.2 Å². The summed E-state index contributed by atoms with van der Waals surface area (Å²) in [7, 11) is 0. The van der Waals surface area contributed by atoms with Crippen LogP contribution in [0.25, 0.3) is 0 Å². The summed E-state index contributed by atoms with van der Waals surface area (Å²) in [5, 5.41) is 0.718. The van der Waals surface area contributed by atoms with Gasteiger partial charge in [0.05, 0.1) is 12.3 Å². The van der Waals surface area contributed by atoms with Gasteiger partial charge in [-0.15, -0.1) is 12.4 Å². The number of allylic oxidation sites excluding steroid dienone is 2. The molecule has 2 aliphatic heterocycles. The Morgan fingerprint density at radius 1 is 1.34 bits per heavy atom. The molecular weight excluding hydrogens is 411 g/mol. The van der Waals surface area contributed by atoms with Crippen LogP contribution in [-0.4, -0.2) is 42.7 Å². The Morgan fingerprint density at radius 2 is 2.10 bits per heavy atom. The number of hydrogen-bond acceptors (Lipinski definition) is 4. The molecule has 156 valence electrons. The largest absolute Gasteiger partial charge is 0.450 e. The highest BCUT2D eigenvalue weighted by atomic mass is 35.5. The normalized spacial score (nSPS) is 18.8. The first-order valence-corrected chi connectivity index (χ1v) is 10.1. The van der Waals surface area contributed by atoms with Crippen LogP contribution in [0.4, 0.5) is 4.79 Å². The summed E-state index contributed by atoms with van der Waals surface area (Å²) in [5.41, 5.74) is 4.18. The SMILES string of the molecule is CCOC(=O)N1CCC(=C2C=CN=C(C=O)C2CCc2cccc(Cl)c2)CC1.Cl. The van der Waals surface area contributed by atoms with Gasteiger partial charge in [-0.3, -0.25) is 9.79 Å². The van der Waals surface area contributed by atoms with Crippen LogP contribution in [0.5, 0.6) is 0 Å². The van der Waals surface area contributed by atoms with Gasteiger partial charge in [0.25, 0.3) is 0 Å². The molecule has 0 aliphatic carbocycles. The van der Waals surface area contributed by atoms with Crippen molar-refractivity contribution in [1.82, 2.24) is 4.90 Å². The molecule has 0 saturated carbocycles. The second kappa shape index (κ2) is 11.2. The summed E-state index contributed by atoms with van der Waals surface area (Å²) >= 11 is 6.09. The van der Waals surface area contributed by atoms with Gasteiger partial charge in [-0.05, 0) is 62.0 Å². The average Bonchev–Trinajstić information content (AvgIpc) is 2.72. The molecule has 0 N–H and O–H groups in total. The number of rotatable bonds is 5. The molecule has 1 fully saturated rings. The summed E-state index contributed by atoms with van der Waals surface area (Å²) < 4.78 is 5.10. The second-order valence-electron chi connectivity index (χ2n) is 6.95. The molecule has 1 saturated heterocycles. The average molecular weight is 437 g/mol. The Balaban J connectivity index is 0.00000300. The van der Waals surface area contributed by atoms with Gasteiger partial charge in [-0.1, -0.05) is 29.3 Å². The number of aryl methyl sites for hydroxylation is 1. The van der Waals surface area contributed by atoms with Crippen LogP contribution in [0.1, 0.15) is 31.7 Å². The van der Waals surface area contributed by atoms with E-state index in [0.717, 1.165) is 42.6 Å². The minimum absolute atomic E-state index is 0. The molecule has 1 unspecified atom stereocenters. The third-order valence-corrected chi connectivity index (χ3v) is 5.48. The first-order chi connectivity index (χ1) is 13.6. The number of carbonyl (C=O) groups is 2. The fourth-order valence-electron chi connectivity index (χ4n) is 3.82.